The highest BCUT2D eigenvalue weighted by Gasteiger charge is 2.39. The fraction of sp³-hybridized carbons (Fsp3) is 0.375. The van der Waals surface area contributed by atoms with Gasteiger partial charge in [0, 0.05) is 31.4 Å². The number of sulfonamides is 1. The molecule has 0 amide bonds. The minimum atomic E-state index is -4.71. The van der Waals surface area contributed by atoms with Gasteiger partial charge < -0.3 is 4.90 Å². The van der Waals surface area contributed by atoms with Gasteiger partial charge in [-0.25, -0.2) is 12.8 Å². The van der Waals surface area contributed by atoms with Crippen molar-refractivity contribution in [1.29, 1.82) is 0 Å². The Kier molecular flexibility index (Phi) is 5.46. The number of halogens is 5. The van der Waals surface area contributed by atoms with E-state index in [9.17, 15) is 26.0 Å². The van der Waals surface area contributed by atoms with Crippen LogP contribution in [-0.4, -0.2) is 38.4 Å². The Morgan fingerprint density at radius 3 is 2.44 bits per heavy atom. The number of hydrogen-bond acceptors (Lipinski definition) is 4. The number of benzene rings is 1. The van der Waals surface area contributed by atoms with Crippen LogP contribution in [0.3, 0.4) is 0 Å². The zero-order valence-corrected chi connectivity index (χ0v) is 16.4. The molecule has 11 heteroatoms. The van der Waals surface area contributed by atoms with Gasteiger partial charge in [0.05, 0.1) is 9.90 Å². The predicted molar refractivity (Wildman–Crippen MR) is 96.3 cm³/mol. The number of piperazine rings is 1. The van der Waals surface area contributed by atoms with Gasteiger partial charge in [-0.05, 0) is 37.3 Å². The summed E-state index contributed by atoms with van der Waals surface area (Å²) in [6.45, 7) is 1.73. The summed E-state index contributed by atoms with van der Waals surface area (Å²) in [6.07, 6.45) is -4.71. The molecule has 1 aromatic heterocycles. The van der Waals surface area contributed by atoms with Gasteiger partial charge in [0.1, 0.15) is 10.0 Å². The maximum absolute atomic E-state index is 13.3. The summed E-state index contributed by atoms with van der Waals surface area (Å²) in [5.41, 5.74) is -1.23. The van der Waals surface area contributed by atoms with Crippen molar-refractivity contribution in [3.05, 3.63) is 46.0 Å². The lowest BCUT2D eigenvalue weighted by Crippen LogP contribution is -2.54. The number of rotatable bonds is 3. The van der Waals surface area contributed by atoms with E-state index in [-0.39, 0.29) is 29.5 Å². The summed E-state index contributed by atoms with van der Waals surface area (Å²) in [7, 11) is -3.78. The van der Waals surface area contributed by atoms with Crippen molar-refractivity contribution >= 4 is 38.6 Å². The molecular weight excluding hydrogens is 428 g/mol. The Hall–Kier alpha value is -1.36. The van der Waals surface area contributed by atoms with E-state index in [2.05, 4.69) is 0 Å². The molecular formula is C16H15ClF4N2O2S2. The van der Waals surface area contributed by atoms with Crippen LogP contribution in [0.2, 0.25) is 4.34 Å². The van der Waals surface area contributed by atoms with Gasteiger partial charge in [-0.15, -0.1) is 11.3 Å². The first-order chi connectivity index (χ1) is 12.5. The Morgan fingerprint density at radius 1 is 1.19 bits per heavy atom. The van der Waals surface area contributed by atoms with E-state index < -0.39 is 33.6 Å². The summed E-state index contributed by atoms with van der Waals surface area (Å²) in [6, 6.07) is 4.81. The van der Waals surface area contributed by atoms with Crippen molar-refractivity contribution in [1.82, 2.24) is 4.31 Å². The Bertz CT molecular complexity index is 946. The van der Waals surface area contributed by atoms with Gasteiger partial charge in [-0.3, -0.25) is 0 Å². The van der Waals surface area contributed by atoms with Crippen LogP contribution in [0.5, 0.6) is 0 Å². The minimum absolute atomic E-state index is 0.00763. The summed E-state index contributed by atoms with van der Waals surface area (Å²) in [5.74, 6) is -0.977. The third-order valence-corrected chi connectivity index (χ3v) is 7.99. The van der Waals surface area contributed by atoms with E-state index in [0.717, 1.165) is 23.5 Å². The highest BCUT2D eigenvalue weighted by atomic mass is 35.5. The van der Waals surface area contributed by atoms with Crippen molar-refractivity contribution in [2.24, 2.45) is 0 Å². The van der Waals surface area contributed by atoms with Crippen LogP contribution in [0, 0.1) is 5.82 Å². The summed E-state index contributed by atoms with van der Waals surface area (Å²) >= 11 is 6.73. The molecule has 1 aromatic carbocycles. The second-order valence-corrected chi connectivity index (χ2v) is 9.96. The van der Waals surface area contributed by atoms with E-state index in [1.165, 1.54) is 21.3 Å². The topological polar surface area (TPSA) is 40.6 Å². The SMILES string of the molecule is C[C@@H]1CN(c2ccc(F)cc2C(F)(F)F)CCN1S(=O)(=O)c1ccc(Cl)s1. The number of thiophene rings is 1. The molecule has 0 unspecified atom stereocenters. The van der Waals surface area contributed by atoms with E-state index in [1.807, 2.05) is 0 Å². The molecule has 2 heterocycles. The lowest BCUT2D eigenvalue weighted by atomic mass is 10.1. The molecule has 1 saturated heterocycles. The highest BCUT2D eigenvalue weighted by Crippen LogP contribution is 2.38. The molecule has 0 radical (unpaired) electrons. The van der Waals surface area contributed by atoms with E-state index in [4.69, 9.17) is 11.6 Å². The van der Waals surface area contributed by atoms with Gasteiger partial charge in [-0.1, -0.05) is 11.6 Å². The van der Waals surface area contributed by atoms with Crippen LogP contribution in [0.4, 0.5) is 23.2 Å². The maximum atomic E-state index is 13.3. The third-order valence-electron chi connectivity index (χ3n) is 4.28. The molecule has 0 bridgehead atoms. The van der Waals surface area contributed by atoms with Crippen LogP contribution in [0.25, 0.3) is 0 Å². The predicted octanol–water partition coefficient (Wildman–Crippen LogP) is 4.46. The smallest absolute Gasteiger partial charge is 0.368 e. The minimum Gasteiger partial charge on any atom is -0.368 e. The largest absolute Gasteiger partial charge is 0.418 e. The quantitative estimate of drug-likeness (QED) is 0.659. The molecule has 3 rings (SSSR count). The summed E-state index contributed by atoms with van der Waals surface area (Å²) in [4.78, 5) is 1.43. The first-order valence-corrected chi connectivity index (χ1v) is 10.5. The first kappa shape index (κ1) is 20.4. The van der Waals surface area contributed by atoms with Gasteiger partial charge >= 0.3 is 6.18 Å². The second kappa shape index (κ2) is 7.23. The summed E-state index contributed by atoms with van der Waals surface area (Å²) in [5, 5.41) is 0. The molecule has 27 heavy (non-hydrogen) atoms. The number of anilines is 1. The monoisotopic (exact) mass is 442 g/mol. The van der Waals surface area contributed by atoms with Crippen LogP contribution < -0.4 is 4.90 Å². The first-order valence-electron chi connectivity index (χ1n) is 7.89. The Balaban J connectivity index is 1.86. The number of hydrogen-bond donors (Lipinski definition) is 0. The third kappa shape index (κ3) is 4.08. The molecule has 0 aliphatic carbocycles. The fourth-order valence-corrected chi connectivity index (χ4v) is 6.31. The van der Waals surface area contributed by atoms with Gasteiger partial charge in [0.2, 0.25) is 0 Å². The van der Waals surface area contributed by atoms with Crippen LogP contribution >= 0.6 is 22.9 Å². The van der Waals surface area contributed by atoms with Crippen molar-refractivity contribution in [2.75, 3.05) is 24.5 Å². The molecule has 1 atom stereocenters. The molecule has 148 valence electrons. The van der Waals surface area contributed by atoms with Crippen molar-refractivity contribution in [2.45, 2.75) is 23.4 Å². The zero-order valence-electron chi connectivity index (χ0n) is 14.0. The Morgan fingerprint density at radius 2 is 1.89 bits per heavy atom. The summed E-state index contributed by atoms with van der Waals surface area (Å²) < 4.78 is 80.3. The van der Waals surface area contributed by atoms with Crippen molar-refractivity contribution in [3.8, 4) is 0 Å². The molecule has 1 fully saturated rings. The zero-order chi connectivity index (χ0) is 20.0. The lowest BCUT2D eigenvalue weighted by Gasteiger charge is -2.40. The number of nitrogens with zero attached hydrogens (tertiary/aromatic N) is 2. The molecule has 0 N–H and O–H groups in total. The number of alkyl halides is 3. The second-order valence-electron chi connectivity index (χ2n) is 6.13. The van der Waals surface area contributed by atoms with Gasteiger partial charge in [0.25, 0.3) is 10.0 Å². The van der Waals surface area contributed by atoms with Crippen LogP contribution in [-0.2, 0) is 16.2 Å². The average molecular weight is 443 g/mol. The standard InChI is InChI=1S/C16H15ClF4N2O2S2/c1-10-9-22(13-3-2-11(18)8-12(13)16(19,20)21)6-7-23(10)27(24,25)15-5-4-14(17)26-15/h2-5,8,10H,6-7,9H2,1H3/t10-/m1/s1. The molecule has 0 saturated carbocycles. The molecule has 2 aromatic rings. The lowest BCUT2D eigenvalue weighted by molar-refractivity contribution is -0.137. The molecule has 4 nitrogen and oxygen atoms in total. The van der Waals surface area contributed by atoms with E-state index in [1.54, 1.807) is 6.92 Å². The van der Waals surface area contributed by atoms with Gasteiger partial charge in [-0.2, -0.15) is 17.5 Å². The normalized spacial score (nSPS) is 19.5. The van der Waals surface area contributed by atoms with Crippen LogP contribution in [0.1, 0.15) is 12.5 Å². The fourth-order valence-electron chi connectivity index (χ4n) is 3.08. The van der Waals surface area contributed by atoms with Crippen molar-refractivity contribution in [3.63, 3.8) is 0 Å². The van der Waals surface area contributed by atoms with Gasteiger partial charge in [0.15, 0.2) is 0 Å². The molecule has 1 aliphatic heterocycles. The maximum Gasteiger partial charge on any atom is 0.418 e. The molecule has 1 aliphatic rings. The highest BCUT2D eigenvalue weighted by molar-refractivity contribution is 7.91. The van der Waals surface area contributed by atoms with Crippen LogP contribution in [0.15, 0.2) is 34.5 Å². The van der Waals surface area contributed by atoms with Crippen molar-refractivity contribution < 1.29 is 26.0 Å². The Labute approximate surface area is 163 Å². The molecule has 0 spiro atoms. The average Bonchev–Trinajstić information content (AvgIpc) is 3.01. The van der Waals surface area contributed by atoms with E-state index >= 15 is 0 Å². The van der Waals surface area contributed by atoms with E-state index in [0.29, 0.717) is 10.4 Å².